The normalized spacial score (nSPS) is 41.4. The van der Waals surface area contributed by atoms with Gasteiger partial charge in [0, 0.05) is 41.1 Å². The van der Waals surface area contributed by atoms with Gasteiger partial charge in [-0.1, -0.05) is 40.2 Å². The van der Waals surface area contributed by atoms with E-state index in [1.54, 1.807) is 20.8 Å². The van der Waals surface area contributed by atoms with Gasteiger partial charge < -0.3 is 15.3 Å². The first-order valence-corrected chi connectivity index (χ1v) is 13.5. The molecule has 0 aromatic carbocycles. The number of fused-ring (bicyclic) bond motifs is 4. The molecule has 0 aromatic heterocycles. The van der Waals surface area contributed by atoms with Crippen molar-refractivity contribution in [3.8, 4) is 0 Å². The van der Waals surface area contributed by atoms with E-state index in [0.717, 1.165) is 0 Å². The number of aliphatic hydroxyl groups excluding tert-OH is 2. The fourth-order valence-electron chi connectivity index (χ4n) is 8.53. The van der Waals surface area contributed by atoms with Gasteiger partial charge in [0.15, 0.2) is 11.6 Å². The third kappa shape index (κ3) is 3.52. The molecule has 38 heavy (non-hydrogen) atoms. The van der Waals surface area contributed by atoms with Gasteiger partial charge in [0.2, 0.25) is 0 Å². The Bertz CT molecular complexity index is 1210. The van der Waals surface area contributed by atoms with Crippen LogP contribution in [0.5, 0.6) is 0 Å². The average Bonchev–Trinajstić information content (AvgIpc) is 3.03. The molecule has 208 valence electrons. The number of carbonyl (C=O) groups excluding carboxylic acids is 4. The highest BCUT2D eigenvalue weighted by Crippen LogP contribution is 2.70. The highest BCUT2D eigenvalue weighted by atomic mass is 16.4. The van der Waals surface area contributed by atoms with Gasteiger partial charge in [-0.2, -0.15) is 0 Å². The van der Waals surface area contributed by atoms with Crippen molar-refractivity contribution < 1.29 is 39.3 Å². The first-order chi connectivity index (χ1) is 17.4. The quantitative estimate of drug-likeness (QED) is 0.461. The lowest BCUT2D eigenvalue weighted by molar-refractivity contribution is -0.156. The molecule has 0 saturated heterocycles. The van der Waals surface area contributed by atoms with E-state index >= 15 is 0 Å². The highest BCUT2D eigenvalue weighted by Gasteiger charge is 2.73. The van der Waals surface area contributed by atoms with Crippen LogP contribution in [0.4, 0.5) is 0 Å². The zero-order valence-corrected chi connectivity index (χ0v) is 23.4. The molecule has 8 heteroatoms. The second kappa shape index (κ2) is 8.78. The van der Waals surface area contributed by atoms with E-state index in [2.05, 4.69) is 0 Å². The Hall–Kier alpha value is -2.45. The minimum atomic E-state index is -1.55. The van der Waals surface area contributed by atoms with Crippen molar-refractivity contribution in [3.63, 3.8) is 0 Å². The van der Waals surface area contributed by atoms with E-state index < -0.39 is 63.2 Å². The zero-order chi connectivity index (χ0) is 28.7. The summed E-state index contributed by atoms with van der Waals surface area (Å²) in [6.07, 6.45) is -0.647. The molecular weight excluding hydrogens is 488 g/mol. The molecule has 0 heterocycles. The van der Waals surface area contributed by atoms with Gasteiger partial charge in [0.05, 0.1) is 17.4 Å². The van der Waals surface area contributed by atoms with Crippen molar-refractivity contribution in [1.82, 2.24) is 0 Å². The molecule has 0 spiro atoms. The number of carboxylic acids is 1. The lowest BCUT2D eigenvalue weighted by Gasteiger charge is -2.61. The van der Waals surface area contributed by atoms with Crippen LogP contribution in [0, 0.1) is 39.4 Å². The largest absolute Gasteiger partial charge is 0.481 e. The minimum Gasteiger partial charge on any atom is -0.481 e. The smallest absolute Gasteiger partial charge is 0.306 e. The molecule has 0 amide bonds. The van der Waals surface area contributed by atoms with Gasteiger partial charge in [-0.25, -0.2) is 0 Å². The SMILES string of the molecule is CC(=CC(=O)CC(C)C(=O)O)[C@H]1CC(=O)[C@@]2(C)C3=C(C(=O)[C@@H](O)[C@]12C)[C@@]1(C)CCC(=O)C(C)(C)[C@@H]1C[C@@H]3O. The molecular formula is C30H40O8. The number of hydrogen-bond acceptors (Lipinski definition) is 7. The Balaban J connectivity index is 1.86. The fourth-order valence-corrected chi connectivity index (χ4v) is 8.53. The Labute approximate surface area is 223 Å². The number of hydrogen-bond donors (Lipinski definition) is 3. The third-order valence-corrected chi connectivity index (χ3v) is 11.1. The molecule has 0 radical (unpaired) electrons. The van der Waals surface area contributed by atoms with E-state index in [-0.39, 0.29) is 43.2 Å². The molecule has 2 fully saturated rings. The van der Waals surface area contributed by atoms with Crippen LogP contribution in [0.1, 0.15) is 80.6 Å². The van der Waals surface area contributed by atoms with Crippen LogP contribution >= 0.6 is 0 Å². The Morgan fingerprint density at radius 1 is 1.05 bits per heavy atom. The summed E-state index contributed by atoms with van der Waals surface area (Å²) in [5.74, 6) is -3.99. The van der Waals surface area contributed by atoms with Gasteiger partial charge in [0.1, 0.15) is 17.7 Å². The molecule has 0 bridgehead atoms. The van der Waals surface area contributed by atoms with Crippen LogP contribution < -0.4 is 0 Å². The summed E-state index contributed by atoms with van der Waals surface area (Å²) in [6, 6.07) is 0. The summed E-state index contributed by atoms with van der Waals surface area (Å²) in [5.41, 5.74) is -3.05. The van der Waals surface area contributed by atoms with E-state index in [1.807, 2.05) is 20.8 Å². The standard InChI is InChI=1S/C30H40O8/c1-14(10-16(31)11-15(2)26(37)38)17-12-21(34)30(7)22-18(32)13-19-27(3,4)20(33)8-9-28(19,5)23(22)24(35)25(36)29(17,30)6/h10,15,17-19,25,32,36H,8-9,11-13H2,1-7H3,(H,37,38)/t15?,17-,18+,19+,25-,28+,29+,30+/m1/s1. The van der Waals surface area contributed by atoms with Crippen molar-refractivity contribution in [3.05, 3.63) is 22.8 Å². The minimum absolute atomic E-state index is 0.0188. The number of carbonyl (C=O) groups is 5. The first-order valence-electron chi connectivity index (χ1n) is 13.5. The van der Waals surface area contributed by atoms with Crippen LogP contribution in [0.25, 0.3) is 0 Å². The number of allylic oxidation sites excluding steroid dienone is 2. The summed E-state index contributed by atoms with van der Waals surface area (Å²) >= 11 is 0. The van der Waals surface area contributed by atoms with Gasteiger partial charge in [0.25, 0.3) is 0 Å². The third-order valence-electron chi connectivity index (χ3n) is 11.1. The summed E-state index contributed by atoms with van der Waals surface area (Å²) in [5, 5.41) is 32.4. The van der Waals surface area contributed by atoms with Crippen LogP contribution in [0.2, 0.25) is 0 Å². The molecule has 1 unspecified atom stereocenters. The second-order valence-electron chi connectivity index (χ2n) is 13.3. The molecule has 0 aromatic rings. The molecule has 2 saturated carbocycles. The predicted molar refractivity (Wildman–Crippen MR) is 138 cm³/mol. The maximum Gasteiger partial charge on any atom is 0.306 e. The van der Waals surface area contributed by atoms with E-state index in [1.165, 1.54) is 13.0 Å². The number of aliphatic hydroxyl groups is 2. The number of ketones is 4. The van der Waals surface area contributed by atoms with Crippen molar-refractivity contribution in [1.29, 1.82) is 0 Å². The summed E-state index contributed by atoms with van der Waals surface area (Å²) in [6.45, 7) is 12.1. The number of aliphatic carboxylic acids is 1. The average molecular weight is 529 g/mol. The van der Waals surface area contributed by atoms with Gasteiger partial charge in [-0.05, 0) is 50.2 Å². The first kappa shape index (κ1) is 28.6. The zero-order valence-electron chi connectivity index (χ0n) is 23.4. The molecule has 4 aliphatic rings. The van der Waals surface area contributed by atoms with Gasteiger partial charge >= 0.3 is 5.97 Å². The topological polar surface area (TPSA) is 146 Å². The molecule has 8 nitrogen and oxygen atoms in total. The highest BCUT2D eigenvalue weighted by molar-refractivity contribution is 6.08. The predicted octanol–water partition coefficient (Wildman–Crippen LogP) is 3.23. The monoisotopic (exact) mass is 528 g/mol. The van der Waals surface area contributed by atoms with Crippen molar-refractivity contribution in [2.24, 2.45) is 39.4 Å². The summed E-state index contributed by atoms with van der Waals surface area (Å²) < 4.78 is 0. The van der Waals surface area contributed by atoms with Gasteiger partial charge in [-0.15, -0.1) is 0 Å². The van der Waals surface area contributed by atoms with Crippen LogP contribution in [0.3, 0.4) is 0 Å². The molecule has 4 rings (SSSR count). The van der Waals surface area contributed by atoms with Crippen molar-refractivity contribution in [2.45, 2.75) is 92.8 Å². The van der Waals surface area contributed by atoms with E-state index in [0.29, 0.717) is 23.1 Å². The second-order valence-corrected chi connectivity index (χ2v) is 13.3. The number of carboxylic acid groups (broad SMARTS) is 1. The maximum atomic E-state index is 14.1. The fraction of sp³-hybridized carbons (Fsp3) is 0.700. The molecule has 0 aliphatic heterocycles. The Morgan fingerprint density at radius 3 is 2.24 bits per heavy atom. The van der Waals surface area contributed by atoms with Crippen LogP contribution in [0.15, 0.2) is 22.8 Å². The number of Topliss-reactive ketones (excluding diaryl/α,β-unsaturated/α-hetero) is 3. The van der Waals surface area contributed by atoms with Crippen molar-refractivity contribution >= 4 is 29.1 Å². The van der Waals surface area contributed by atoms with E-state index in [4.69, 9.17) is 5.11 Å². The Kier molecular flexibility index (Phi) is 6.60. The van der Waals surface area contributed by atoms with Crippen LogP contribution in [-0.4, -0.2) is 56.6 Å². The lowest BCUT2D eigenvalue weighted by atomic mass is 9.42. The summed E-state index contributed by atoms with van der Waals surface area (Å²) in [7, 11) is 0. The number of rotatable bonds is 5. The molecule has 8 atom stereocenters. The van der Waals surface area contributed by atoms with Gasteiger partial charge in [-0.3, -0.25) is 24.0 Å². The summed E-state index contributed by atoms with van der Waals surface area (Å²) in [4.78, 5) is 64.6. The Morgan fingerprint density at radius 2 is 1.66 bits per heavy atom. The maximum absolute atomic E-state index is 14.1. The van der Waals surface area contributed by atoms with Crippen LogP contribution in [-0.2, 0) is 24.0 Å². The molecule has 3 N–H and O–H groups in total. The van der Waals surface area contributed by atoms with E-state index in [9.17, 15) is 34.2 Å². The van der Waals surface area contributed by atoms with Crippen molar-refractivity contribution in [2.75, 3.05) is 0 Å². The lowest BCUT2D eigenvalue weighted by Crippen LogP contribution is -2.64. The molecule has 4 aliphatic carbocycles.